The van der Waals surface area contributed by atoms with E-state index in [1.165, 1.54) is 17.6 Å². The molecular formula is C23H31N5OS. The minimum absolute atomic E-state index is 0.259. The van der Waals surface area contributed by atoms with Crippen molar-refractivity contribution in [3.8, 4) is 11.4 Å². The quantitative estimate of drug-likeness (QED) is 0.708. The minimum Gasteiger partial charge on any atom is -0.338 e. The summed E-state index contributed by atoms with van der Waals surface area (Å²) in [6.07, 6.45) is 8.25. The standard InChI is InChI=1S/C23H31N5OS/c1-17(2)28-16-24-23(25-28)20-6-4-18(5-7-20)19-8-12-27(13-9-19)22(29)15-26-11-10-21(14-26)30-3/h4-8,16-17,21H,9-15H2,1-3H3/t21-/m0/s1. The van der Waals surface area contributed by atoms with E-state index in [4.69, 9.17) is 0 Å². The maximum atomic E-state index is 12.7. The largest absolute Gasteiger partial charge is 0.338 e. The third-order valence-corrected chi connectivity index (χ3v) is 7.09. The van der Waals surface area contributed by atoms with Crippen molar-refractivity contribution in [3.63, 3.8) is 0 Å². The highest BCUT2D eigenvalue weighted by Gasteiger charge is 2.26. The number of carbonyl (C=O) groups excluding carboxylic acids is 1. The molecule has 6 nitrogen and oxygen atoms in total. The van der Waals surface area contributed by atoms with Crippen molar-refractivity contribution in [1.82, 2.24) is 24.6 Å². The summed E-state index contributed by atoms with van der Waals surface area (Å²) in [4.78, 5) is 21.4. The lowest BCUT2D eigenvalue weighted by Gasteiger charge is -2.28. The van der Waals surface area contributed by atoms with Crippen LogP contribution in [0, 0.1) is 0 Å². The fourth-order valence-electron chi connectivity index (χ4n) is 4.07. The van der Waals surface area contributed by atoms with Gasteiger partial charge in [0.15, 0.2) is 5.82 Å². The number of amides is 1. The Balaban J connectivity index is 1.34. The van der Waals surface area contributed by atoms with Crippen LogP contribution in [-0.4, -0.2) is 74.7 Å². The Morgan fingerprint density at radius 1 is 1.20 bits per heavy atom. The Hall–Kier alpha value is -2.12. The van der Waals surface area contributed by atoms with Crippen molar-refractivity contribution in [1.29, 1.82) is 0 Å². The summed E-state index contributed by atoms with van der Waals surface area (Å²) in [5.41, 5.74) is 3.56. The number of benzene rings is 1. The smallest absolute Gasteiger partial charge is 0.237 e. The molecule has 1 aromatic heterocycles. The molecule has 0 radical (unpaired) electrons. The second kappa shape index (κ2) is 9.35. The summed E-state index contributed by atoms with van der Waals surface area (Å²) >= 11 is 1.91. The zero-order chi connectivity index (χ0) is 21.1. The van der Waals surface area contributed by atoms with Crippen molar-refractivity contribution in [3.05, 3.63) is 42.2 Å². The molecule has 2 aliphatic rings. The van der Waals surface area contributed by atoms with Crippen molar-refractivity contribution < 1.29 is 4.79 Å². The lowest BCUT2D eigenvalue weighted by Crippen LogP contribution is -2.41. The van der Waals surface area contributed by atoms with Gasteiger partial charge in [0.05, 0.1) is 6.54 Å². The van der Waals surface area contributed by atoms with Gasteiger partial charge in [-0.2, -0.15) is 16.9 Å². The van der Waals surface area contributed by atoms with Crippen LogP contribution in [0.5, 0.6) is 0 Å². The van der Waals surface area contributed by atoms with Gasteiger partial charge in [-0.15, -0.1) is 0 Å². The molecule has 30 heavy (non-hydrogen) atoms. The predicted octanol–water partition coefficient (Wildman–Crippen LogP) is 3.58. The van der Waals surface area contributed by atoms with E-state index in [0.29, 0.717) is 24.4 Å². The number of rotatable bonds is 6. The number of hydrogen-bond acceptors (Lipinski definition) is 5. The van der Waals surface area contributed by atoms with Gasteiger partial charge in [-0.1, -0.05) is 30.3 Å². The summed E-state index contributed by atoms with van der Waals surface area (Å²) in [6.45, 7) is 8.34. The summed E-state index contributed by atoms with van der Waals surface area (Å²) in [5, 5.41) is 5.23. The van der Waals surface area contributed by atoms with E-state index < -0.39 is 0 Å². The molecule has 0 aliphatic carbocycles. The predicted molar refractivity (Wildman–Crippen MR) is 123 cm³/mol. The van der Waals surface area contributed by atoms with Crippen LogP contribution >= 0.6 is 11.8 Å². The third kappa shape index (κ3) is 4.78. The summed E-state index contributed by atoms with van der Waals surface area (Å²) in [5.74, 6) is 1.02. The van der Waals surface area contributed by atoms with Gasteiger partial charge < -0.3 is 4.90 Å². The molecule has 0 saturated carbocycles. The molecule has 4 rings (SSSR count). The van der Waals surface area contributed by atoms with E-state index in [2.05, 4.69) is 65.4 Å². The number of aromatic nitrogens is 3. The second-order valence-electron chi connectivity index (χ2n) is 8.42. The average molecular weight is 426 g/mol. The number of nitrogens with zero attached hydrogens (tertiary/aromatic N) is 5. The van der Waals surface area contributed by atoms with Gasteiger partial charge in [0.25, 0.3) is 0 Å². The van der Waals surface area contributed by atoms with Crippen LogP contribution in [0.4, 0.5) is 0 Å². The maximum Gasteiger partial charge on any atom is 0.237 e. The Morgan fingerprint density at radius 2 is 1.97 bits per heavy atom. The van der Waals surface area contributed by atoms with Crippen LogP contribution in [0.3, 0.4) is 0 Å². The topological polar surface area (TPSA) is 54.3 Å². The van der Waals surface area contributed by atoms with Gasteiger partial charge in [0.2, 0.25) is 5.91 Å². The van der Waals surface area contributed by atoms with Gasteiger partial charge in [0, 0.05) is 36.5 Å². The van der Waals surface area contributed by atoms with Crippen LogP contribution in [0.25, 0.3) is 17.0 Å². The number of hydrogen-bond donors (Lipinski definition) is 0. The zero-order valence-electron chi connectivity index (χ0n) is 18.1. The monoisotopic (exact) mass is 425 g/mol. The molecule has 1 fully saturated rings. The zero-order valence-corrected chi connectivity index (χ0v) is 18.9. The molecular weight excluding hydrogens is 394 g/mol. The first kappa shape index (κ1) is 21.1. The molecule has 2 aliphatic heterocycles. The molecule has 160 valence electrons. The molecule has 3 heterocycles. The Morgan fingerprint density at radius 3 is 2.57 bits per heavy atom. The fourth-order valence-corrected chi connectivity index (χ4v) is 4.77. The molecule has 0 unspecified atom stereocenters. The van der Waals surface area contributed by atoms with Gasteiger partial charge in [-0.05, 0) is 50.6 Å². The average Bonchev–Trinajstić information content (AvgIpc) is 3.44. The number of carbonyl (C=O) groups is 1. The van der Waals surface area contributed by atoms with E-state index in [0.717, 1.165) is 37.4 Å². The van der Waals surface area contributed by atoms with Crippen molar-refractivity contribution >= 4 is 23.2 Å². The highest BCUT2D eigenvalue weighted by Crippen LogP contribution is 2.26. The maximum absolute atomic E-state index is 12.7. The van der Waals surface area contributed by atoms with Gasteiger partial charge in [-0.25, -0.2) is 9.67 Å². The Labute approximate surface area is 183 Å². The molecule has 1 amide bonds. The summed E-state index contributed by atoms with van der Waals surface area (Å²) in [6, 6.07) is 8.76. The Kier molecular flexibility index (Phi) is 6.58. The van der Waals surface area contributed by atoms with Crippen LogP contribution in [0.15, 0.2) is 36.7 Å². The molecule has 0 N–H and O–H groups in total. The van der Waals surface area contributed by atoms with Gasteiger partial charge in [-0.3, -0.25) is 9.69 Å². The number of thioether (sulfide) groups is 1. The van der Waals surface area contributed by atoms with E-state index in [-0.39, 0.29) is 5.91 Å². The molecule has 0 bridgehead atoms. The minimum atomic E-state index is 0.259. The SMILES string of the molecule is CS[C@H]1CCN(CC(=O)N2CC=C(c3ccc(-c4ncn(C(C)C)n4)cc3)CC2)C1. The van der Waals surface area contributed by atoms with Crippen molar-refractivity contribution in [2.24, 2.45) is 0 Å². The lowest BCUT2D eigenvalue weighted by atomic mass is 9.98. The molecule has 1 aromatic carbocycles. The highest BCUT2D eigenvalue weighted by atomic mass is 32.2. The van der Waals surface area contributed by atoms with Crippen LogP contribution in [0.2, 0.25) is 0 Å². The fraction of sp³-hybridized carbons (Fsp3) is 0.522. The van der Waals surface area contributed by atoms with Crippen LogP contribution in [0.1, 0.15) is 38.3 Å². The summed E-state index contributed by atoms with van der Waals surface area (Å²) < 4.78 is 1.88. The first-order valence-corrected chi connectivity index (χ1v) is 12.1. The third-order valence-electron chi connectivity index (χ3n) is 6.03. The molecule has 2 aromatic rings. The Bertz CT molecular complexity index is 905. The van der Waals surface area contributed by atoms with E-state index in [1.807, 2.05) is 21.3 Å². The van der Waals surface area contributed by atoms with E-state index in [9.17, 15) is 4.79 Å². The van der Waals surface area contributed by atoms with E-state index in [1.54, 1.807) is 6.33 Å². The van der Waals surface area contributed by atoms with Crippen molar-refractivity contribution in [2.45, 2.75) is 38.0 Å². The molecule has 1 atom stereocenters. The van der Waals surface area contributed by atoms with Crippen LogP contribution < -0.4 is 0 Å². The number of likely N-dealkylation sites (tertiary alicyclic amines) is 1. The summed E-state index contributed by atoms with van der Waals surface area (Å²) in [7, 11) is 0. The first-order chi connectivity index (χ1) is 14.5. The van der Waals surface area contributed by atoms with Crippen molar-refractivity contribution in [2.75, 3.05) is 39.0 Å². The van der Waals surface area contributed by atoms with Gasteiger partial charge >= 0.3 is 0 Å². The lowest BCUT2D eigenvalue weighted by molar-refractivity contribution is -0.131. The molecule has 0 spiro atoms. The highest BCUT2D eigenvalue weighted by molar-refractivity contribution is 7.99. The first-order valence-electron chi connectivity index (χ1n) is 10.8. The van der Waals surface area contributed by atoms with E-state index >= 15 is 0 Å². The normalized spacial score (nSPS) is 20.1. The van der Waals surface area contributed by atoms with Gasteiger partial charge in [0.1, 0.15) is 6.33 Å². The molecule has 7 heteroatoms. The molecule has 1 saturated heterocycles. The van der Waals surface area contributed by atoms with Crippen LogP contribution in [-0.2, 0) is 4.79 Å². The second-order valence-corrected chi connectivity index (χ2v) is 9.56.